The summed E-state index contributed by atoms with van der Waals surface area (Å²) in [7, 11) is 0. The van der Waals surface area contributed by atoms with Crippen LogP contribution in [0.4, 0.5) is 0 Å². The van der Waals surface area contributed by atoms with Crippen LogP contribution in [-0.4, -0.2) is 101 Å². The number of ether oxygens (including phenoxy) is 2. The lowest BCUT2D eigenvalue weighted by atomic mass is 10.2. The van der Waals surface area contributed by atoms with Crippen molar-refractivity contribution in [2.45, 2.75) is 37.2 Å². The van der Waals surface area contributed by atoms with Crippen LogP contribution in [0.3, 0.4) is 0 Å². The van der Waals surface area contributed by atoms with E-state index < -0.39 is 11.2 Å². The molecule has 2 saturated heterocycles. The van der Waals surface area contributed by atoms with Gasteiger partial charge in [0.25, 0.3) is 0 Å². The maximum absolute atomic E-state index is 12.4. The van der Waals surface area contributed by atoms with E-state index in [0.29, 0.717) is 5.75 Å². The number of nitrogens with zero attached hydrogens (tertiary/aromatic N) is 2. The molecule has 32 heavy (non-hydrogen) atoms. The molecule has 182 valence electrons. The van der Waals surface area contributed by atoms with Crippen molar-refractivity contribution in [2.75, 3.05) is 51.0 Å². The third-order valence-corrected chi connectivity index (χ3v) is 7.66. The van der Waals surface area contributed by atoms with Crippen LogP contribution in [0, 0.1) is 5.92 Å². The monoisotopic (exact) mass is 491 g/mol. The summed E-state index contributed by atoms with van der Waals surface area (Å²) in [5.41, 5.74) is 5.22. The van der Waals surface area contributed by atoms with Crippen LogP contribution < -0.4 is 5.73 Å². The van der Waals surface area contributed by atoms with Crippen molar-refractivity contribution < 1.29 is 34.9 Å². The first-order valence-electron chi connectivity index (χ1n) is 10.6. The maximum atomic E-state index is 12.4. The smallest absolute Gasteiger partial charge is 0.242 e. The van der Waals surface area contributed by atoms with E-state index >= 15 is 0 Å². The lowest BCUT2D eigenvalue weighted by Crippen LogP contribution is -2.35. The van der Waals surface area contributed by atoms with Gasteiger partial charge in [-0.2, -0.15) is 0 Å². The highest BCUT2D eigenvalue weighted by molar-refractivity contribution is 8.00. The van der Waals surface area contributed by atoms with Crippen LogP contribution in [0.5, 0.6) is 0 Å². The SMILES string of the molecule is CCSC1CC(=O)N(CCOCCOCCN2C(=O)CC(SCC(C)C(N)=O)C2=O)C1=O.[HH]. The molecule has 0 aromatic heterocycles. The van der Waals surface area contributed by atoms with Crippen molar-refractivity contribution in [1.82, 2.24) is 9.80 Å². The summed E-state index contributed by atoms with van der Waals surface area (Å²) in [6.07, 6.45) is 0.363. The lowest BCUT2D eigenvalue weighted by molar-refractivity contribution is -0.141. The molecular weight excluding hydrogens is 458 g/mol. The van der Waals surface area contributed by atoms with Crippen molar-refractivity contribution in [1.29, 1.82) is 0 Å². The Morgan fingerprint density at radius 3 is 1.88 bits per heavy atom. The van der Waals surface area contributed by atoms with Gasteiger partial charge >= 0.3 is 0 Å². The quantitative estimate of drug-likeness (QED) is 0.250. The Hall–Kier alpha value is -1.63. The van der Waals surface area contributed by atoms with Gasteiger partial charge in [-0.3, -0.25) is 33.8 Å². The number of imide groups is 2. The molecule has 0 saturated carbocycles. The van der Waals surface area contributed by atoms with Crippen LogP contribution in [0.15, 0.2) is 0 Å². The molecule has 2 fully saturated rings. The number of nitrogens with two attached hydrogens (primary N) is 1. The normalized spacial score (nSPS) is 22.3. The second kappa shape index (κ2) is 13.2. The van der Waals surface area contributed by atoms with Crippen LogP contribution in [0.1, 0.15) is 28.1 Å². The molecule has 0 bridgehead atoms. The first kappa shape index (κ1) is 26.6. The van der Waals surface area contributed by atoms with Gasteiger partial charge in [-0.1, -0.05) is 13.8 Å². The summed E-state index contributed by atoms with van der Waals surface area (Å²) in [4.78, 5) is 62.0. The van der Waals surface area contributed by atoms with Gasteiger partial charge in [0.15, 0.2) is 0 Å². The molecule has 0 radical (unpaired) electrons. The second-order valence-corrected chi connectivity index (χ2v) is 10.2. The Morgan fingerprint density at radius 2 is 1.44 bits per heavy atom. The van der Waals surface area contributed by atoms with E-state index in [0.717, 1.165) is 5.75 Å². The van der Waals surface area contributed by atoms with Crippen molar-refractivity contribution in [3.63, 3.8) is 0 Å². The fraction of sp³-hybridized carbons (Fsp3) is 0.750. The zero-order valence-electron chi connectivity index (χ0n) is 18.4. The largest absolute Gasteiger partial charge is 0.377 e. The van der Waals surface area contributed by atoms with Gasteiger partial charge in [0.2, 0.25) is 29.5 Å². The minimum absolute atomic E-state index is 0. The molecule has 0 aliphatic carbocycles. The highest BCUT2D eigenvalue weighted by Crippen LogP contribution is 2.27. The Labute approximate surface area is 197 Å². The predicted molar refractivity (Wildman–Crippen MR) is 123 cm³/mol. The first-order chi connectivity index (χ1) is 15.3. The minimum Gasteiger partial charge on any atom is -0.377 e. The molecule has 2 heterocycles. The number of rotatable bonds is 15. The molecule has 2 aliphatic heterocycles. The van der Waals surface area contributed by atoms with Crippen molar-refractivity contribution in [2.24, 2.45) is 11.7 Å². The lowest BCUT2D eigenvalue weighted by Gasteiger charge is -2.16. The van der Waals surface area contributed by atoms with Crippen LogP contribution in [0.25, 0.3) is 0 Å². The van der Waals surface area contributed by atoms with E-state index in [4.69, 9.17) is 15.2 Å². The van der Waals surface area contributed by atoms with Gasteiger partial charge in [0, 0.05) is 25.9 Å². The number of likely N-dealkylation sites (tertiary alicyclic amines) is 2. The average Bonchev–Trinajstić information content (AvgIpc) is 3.17. The molecule has 2 aliphatic rings. The molecule has 0 aromatic rings. The van der Waals surface area contributed by atoms with Crippen LogP contribution in [0.2, 0.25) is 0 Å². The number of carbonyl (C=O) groups is 5. The third kappa shape index (κ3) is 7.46. The Kier molecular flexibility index (Phi) is 11.0. The zero-order chi connectivity index (χ0) is 23.7. The van der Waals surface area contributed by atoms with Gasteiger partial charge in [0.1, 0.15) is 0 Å². The third-order valence-electron chi connectivity index (χ3n) is 5.10. The Bertz CT molecular complexity index is 728. The molecule has 3 atom stereocenters. The van der Waals surface area contributed by atoms with Crippen molar-refractivity contribution in [3.05, 3.63) is 0 Å². The van der Waals surface area contributed by atoms with Gasteiger partial charge < -0.3 is 15.2 Å². The first-order valence-corrected chi connectivity index (χ1v) is 12.7. The molecule has 5 amide bonds. The number of carbonyl (C=O) groups excluding carboxylic acids is 5. The van der Waals surface area contributed by atoms with E-state index in [1.807, 2.05) is 6.92 Å². The summed E-state index contributed by atoms with van der Waals surface area (Å²) < 4.78 is 10.9. The van der Waals surface area contributed by atoms with Crippen LogP contribution in [-0.2, 0) is 33.4 Å². The summed E-state index contributed by atoms with van der Waals surface area (Å²) in [5, 5.41) is -0.768. The molecular formula is C20H33N3O7S2. The van der Waals surface area contributed by atoms with Gasteiger partial charge in [-0.05, 0) is 5.75 Å². The molecule has 0 aromatic carbocycles. The minimum atomic E-state index is -0.487. The summed E-state index contributed by atoms with van der Waals surface area (Å²) in [6, 6.07) is 0. The van der Waals surface area contributed by atoms with E-state index in [1.165, 1.54) is 33.3 Å². The average molecular weight is 492 g/mol. The number of amides is 5. The molecule has 3 unspecified atom stereocenters. The highest BCUT2D eigenvalue weighted by atomic mass is 32.2. The fourth-order valence-corrected chi connectivity index (χ4v) is 5.36. The number of thioether (sulfide) groups is 2. The Morgan fingerprint density at radius 1 is 0.969 bits per heavy atom. The Balaban J connectivity index is 0.00000544. The summed E-state index contributed by atoms with van der Waals surface area (Å²) >= 11 is 2.75. The topological polar surface area (TPSA) is 136 Å². The van der Waals surface area contributed by atoms with E-state index in [2.05, 4.69) is 0 Å². The van der Waals surface area contributed by atoms with Gasteiger partial charge in [-0.15, -0.1) is 23.5 Å². The standard InChI is InChI=1S/C20H31N3O7S2.H2/c1-3-31-14-10-16(24)22(19(14)27)4-6-29-8-9-30-7-5-23-17(25)11-15(20(23)28)32-12-13(2)18(21)26;/h13-15H,3-12H2,1-2H3,(H2,21,26);1H. The van der Waals surface area contributed by atoms with E-state index in [9.17, 15) is 24.0 Å². The van der Waals surface area contributed by atoms with Gasteiger partial charge in [0.05, 0.1) is 50.0 Å². The van der Waals surface area contributed by atoms with E-state index in [1.54, 1.807) is 6.92 Å². The van der Waals surface area contributed by atoms with Gasteiger partial charge in [-0.25, -0.2) is 0 Å². The summed E-state index contributed by atoms with van der Waals surface area (Å²) in [6.45, 7) is 4.98. The van der Waals surface area contributed by atoms with Crippen LogP contribution >= 0.6 is 23.5 Å². The van der Waals surface area contributed by atoms with E-state index in [-0.39, 0.29) is 88.6 Å². The van der Waals surface area contributed by atoms with Crippen molar-refractivity contribution >= 4 is 53.1 Å². The molecule has 2 N–H and O–H groups in total. The number of hydrogen-bond donors (Lipinski definition) is 1. The molecule has 2 rings (SSSR count). The highest BCUT2D eigenvalue weighted by Gasteiger charge is 2.39. The molecule has 0 spiro atoms. The fourth-order valence-electron chi connectivity index (χ4n) is 3.21. The van der Waals surface area contributed by atoms with Crippen molar-refractivity contribution in [3.8, 4) is 0 Å². The summed E-state index contributed by atoms with van der Waals surface area (Å²) in [5.74, 6) is -0.446. The zero-order valence-corrected chi connectivity index (χ0v) is 20.1. The maximum Gasteiger partial charge on any atom is 0.242 e. The molecule has 12 heteroatoms. The number of hydrogen-bond acceptors (Lipinski definition) is 9. The predicted octanol–water partition coefficient (Wildman–Crippen LogP) is 0.128. The molecule has 10 nitrogen and oxygen atoms in total. The number of primary amides is 1. The second-order valence-electron chi connectivity index (χ2n) is 7.47.